The van der Waals surface area contributed by atoms with Crippen LogP contribution in [0, 0.1) is 0 Å². The molecule has 7 nitrogen and oxygen atoms in total. The van der Waals surface area contributed by atoms with Crippen LogP contribution in [0.1, 0.15) is 50.0 Å². The molecule has 174 valence electrons. The highest BCUT2D eigenvalue weighted by atomic mass is 32.2. The predicted molar refractivity (Wildman–Crippen MR) is 128 cm³/mol. The maximum Gasteiger partial charge on any atom is 0.337 e. The van der Waals surface area contributed by atoms with E-state index in [1.165, 1.54) is 6.07 Å². The molecule has 2 aromatic rings. The summed E-state index contributed by atoms with van der Waals surface area (Å²) >= 11 is 0. The van der Waals surface area contributed by atoms with E-state index < -0.39 is 16.0 Å². The number of anilines is 2. The summed E-state index contributed by atoms with van der Waals surface area (Å²) in [5.41, 5.74) is 1.90. The van der Waals surface area contributed by atoms with Crippen LogP contribution in [0.25, 0.3) is 0 Å². The second-order valence-electron chi connectivity index (χ2n) is 9.25. The Hall–Kier alpha value is -2.58. The molecule has 0 saturated carbocycles. The van der Waals surface area contributed by atoms with E-state index in [-0.39, 0.29) is 21.6 Å². The Morgan fingerprint density at radius 3 is 2.19 bits per heavy atom. The van der Waals surface area contributed by atoms with Crippen molar-refractivity contribution in [2.75, 3.05) is 42.3 Å². The van der Waals surface area contributed by atoms with Crippen molar-refractivity contribution in [1.29, 1.82) is 0 Å². The van der Waals surface area contributed by atoms with Crippen molar-refractivity contribution < 1.29 is 18.3 Å². The molecule has 2 aromatic carbocycles. The Kier molecular flexibility index (Phi) is 7.15. The lowest BCUT2D eigenvalue weighted by Gasteiger charge is -2.36. The molecule has 0 amide bonds. The zero-order chi connectivity index (χ0) is 23.5. The van der Waals surface area contributed by atoms with Gasteiger partial charge < -0.3 is 10.0 Å². The summed E-state index contributed by atoms with van der Waals surface area (Å²) < 4.78 is 28.2. The molecule has 0 spiro atoms. The first-order valence-electron chi connectivity index (χ1n) is 11.0. The van der Waals surface area contributed by atoms with Gasteiger partial charge in [0.15, 0.2) is 0 Å². The van der Waals surface area contributed by atoms with Crippen LogP contribution in [0.3, 0.4) is 0 Å². The van der Waals surface area contributed by atoms with Gasteiger partial charge in [-0.25, -0.2) is 13.2 Å². The number of piperazine rings is 1. The van der Waals surface area contributed by atoms with Crippen molar-refractivity contribution in [2.45, 2.75) is 44.4 Å². The zero-order valence-corrected chi connectivity index (χ0v) is 20.1. The SMILES string of the molecule is CCCN1CCN(c2ccc(NS(=O)(=O)c3ccc(C(C)(C)C)cc3)cc2C(=O)O)CC1. The number of sulfonamides is 1. The van der Waals surface area contributed by atoms with Crippen LogP contribution < -0.4 is 9.62 Å². The first-order valence-corrected chi connectivity index (χ1v) is 12.5. The standard InChI is InChI=1S/C24H33N3O4S/c1-5-12-26-13-15-27(16-14-26)22-11-8-19(17-21(22)23(28)29)25-32(30,31)20-9-6-18(7-10-20)24(2,3)4/h6-11,17,25H,5,12-16H2,1-4H3,(H,28,29). The first kappa shape index (κ1) is 24.1. The number of nitrogens with one attached hydrogen (secondary N) is 1. The number of nitrogens with zero attached hydrogens (tertiary/aromatic N) is 2. The highest BCUT2D eigenvalue weighted by Crippen LogP contribution is 2.28. The van der Waals surface area contributed by atoms with Crippen LogP contribution >= 0.6 is 0 Å². The van der Waals surface area contributed by atoms with E-state index in [0.29, 0.717) is 5.69 Å². The van der Waals surface area contributed by atoms with E-state index in [0.717, 1.165) is 44.7 Å². The summed E-state index contributed by atoms with van der Waals surface area (Å²) in [6.07, 6.45) is 1.09. The van der Waals surface area contributed by atoms with Gasteiger partial charge in [0.1, 0.15) is 0 Å². The molecule has 1 saturated heterocycles. The smallest absolute Gasteiger partial charge is 0.337 e. The number of carboxylic acid groups (broad SMARTS) is 1. The van der Waals surface area contributed by atoms with Gasteiger partial charge in [0.05, 0.1) is 16.1 Å². The number of hydrogen-bond donors (Lipinski definition) is 2. The van der Waals surface area contributed by atoms with E-state index in [1.807, 2.05) is 0 Å². The lowest BCUT2D eigenvalue weighted by Crippen LogP contribution is -2.47. The Morgan fingerprint density at radius 2 is 1.66 bits per heavy atom. The van der Waals surface area contributed by atoms with E-state index in [9.17, 15) is 18.3 Å². The highest BCUT2D eigenvalue weighted by Gasteiger charge is 2.23. The zero-order valence-electron chi connectivity index (χ0n) is 19.3. The van der Waals surface area contributed by atoms with Crippen molar-refractivity contribution in [2.24, 2.45) is 0 Å². The minimum atomic E-state index is -3.83. The van der Waals surface area contributed by atoms with Crippen LogP contribution in [0.2, 0.25) is 0 Å². The molecule has 32 heavy (non-hydrogen) atoms. The van der Waals surface area contributed by atoms with Crippen LogP contribution in [0.15, 0.2) is 47.4 Å². The molecule has 0 bridgehead atoms. The van der Waals surface area contributed by atoms with Crippen molar-refractivity contribution >= 4 is 27.4 Å². The fourth-order valence-corrected chi connectivity index (χ4v) is 4.97. The molecule has 1 heterocycles. The van der Waals surface area contributed by atoms with E-state index >= 15 is 0 Å². The monoisotopic (exact) mass is 459 g/mol. The highest BCUT2D eigenvalue weighted by molar-refractivity contribution is 7.92. The van der Waals surface area contributed by atoms with E-state index in [4.69, 9.17) is 0 Å². The Morgan fingerprint density at radius 1 is 1.03 bits per heavy atom. The second-order valence-corrected chi connectivity index (χ2v) is 10.9. The van der Waals surface area contributed by atoms with Crippen LogP contribution in [-0.2, 0) is 15.4 Å². The predicted octanol–water partition coefficient (Wildman–Crippen LogP) is 4.02. The summed E-state index contributed by atoms with van der Waals surface area (Å²) in [6, 6.07) is 11.5. The molecule has 0 unspecified atom stereocenters. The van der Waals surface area contributed by atoms with Crippen LogP contribution in [0.5, 0.6) is 0 Å². The third-order valence-electron chi connectivity index (χ3n) is 5.76. The average Bonchev–Trinajstić information content (AvgIpc) is 2.74. The topological polar surface area (TPSA) is 90.0 Å². The molecule has 3 rings (SSSR count). The minimum absolute atomic E-state index is 0.0794. The molecule has 0 radical (unpaired) electrons. The number of hydrogen-bond acceptors (Lipinski definition) is 5. The Bertz CT molecular complexity index is 1050. The van der Waals surface area contributed by atoms with Gasteiger partial charge in [0, 0.05) is 31.9 Å². The molecule has 1 aliphatic rings. The second kappa shape index (κ2) is 9.50. The van der Waals surface area contributed by atoms with Gasteiger partial charge in [-0.2, -0.15) is 0 Å². The molecule has 2 N–H and O–H groups in total. The molecule has 1 aliphatic heterocycles. The van der Waals surface area contributed by atoms with Gasteiger partial charge in [0.2, 0.25) is 0 Å². The van der Waals surface area contributed by atoms with Crippen LogP contribution in [0.4, 0.5) is 11.4 Å². The number of rotatable bonds is 7. The van der Waals surface area contributed by atoms with Crippen molar-refractivity contribution in [3.8, 4) is 0 Å². The normalized spacial score (nSPS) is 15.6. The lowest BCUT2D eigenvalue weighted by atomic mass is 9.87. The molecule has 0 aliphatic carbocycles. The number of carbonyl (C=O) groups is 1. The lowest BCUT2D eigenvalue weighted by molar-refractivity contribution is 0.0697. The quantitative estimate of drug-likeness (QED) is 0.650. The van der Waals surface area contributed by atoms with Crippen LogP contribution in [-0.4, -0.2) is 57.1 Å². The minimum Gasteiger partial charge on any atom is -0.478 e. The fourth-order valence-electron chi connectivity index (χ4n) is 3.92. The summed E-state index contributed by atoms with van der Waals surface area (Å²) in [5.74, 6) is -1.08. The molecule has 8 heteroatoms. The maximum absolute atomic E-state index is 12.9. The van der Waals surface area contributed by atoms with Crippen molar-refractivity contribution in [3.63, 3.8) is 0 Å². The van der Waals surface area contributed by atoms with Gasteiger partial charge in [-0.15, -0.1) is 0 Å². The van der Waals surface area contributed by atoms with Gasteiger partial charge in [-0.3, -0.25) is 9.62 Å². The molecular weight excluding hydrogens is 426 g/mol. The summed E-state index contributed by atoms with van der Waals surface area (Å²) in [6.45, 7) is 12.6. The van der Waals surface area contributed by atoms with Gasteiger partial charge in [-0.05, 0) is 54.3 Å². The van der Waals surface area contributed by atoms with Gasteiger partial charge in [0.25, 0.3) is 10.0 Å². The van der Waals surface area contributed by atoms with Gasteiger partial charge in [-0.1, -0.05) is 39.8 Å². The first-order chi connectivity index (χ1) is 15.0. The Balaban J connectivity index is 1.80. The third-order valence-corrected chi connectivity index (χ3v) is 7.16. The Labute approximate surface area is 191 Å². The van der Waals surface area contributed by atoms with Gasteiger partial charge >= 0.3 is 5.97 Å². The summed E-state index contributed by atoms with van der Waals surface area (Å²) in [5, 5.41) is 9.76. The maximum atomic E-state index is 12.9. The molecule has 0 aromatic heterocycles. The number of aromatic carboxylic acids is 1. The molecular formula is C24H33N3O4S. The average molecular weight is 460 g/mol. The van der Waals surface area contributed by atoms with Crippen molar-refractivity contribution in [3.05, 3.63) is 53.6 Å². The van der Waals surface area contributed by atoms with E-state index in [2.05, 4.69) is 42.2 Å². The molecule has 1 fully saturated rings. The summed E-state index contributed by atoms with van der Waals surface area (Å²) in [4.78, 5) is 16.5. The molecule has 0 atom stereocenters. The summed E-state index contributed by atoms with van der Waals surface area (Å²) in [7, 11) is -3.83. The fraction of sp³-hybridized carbons (Fsp3) is 0.458. The number of benzene rings is 2. The number of carboxylic acids is 1. The largest absolute Gasteiger partial charge is 0.478 e. The third kappa shape index (κ3) is 5.61. The van der Waals surface area contributed by atoms with E-state index in [1.54, 1.807) is 36.4 Å². The van der Waals surface area contributed by atoms with Crippen molar-refractivity contribution in [1.82, 2.24) is 4.90 Å².